The number of hydrogen-bond acceptors (Lipinski definition) is 4. The molecular formula is C7H17N3O. The molecule has 1 unspecified atom stereocenters. The third kappa shape index (κ3) is 5.97. The molecular weight excluding hydrogens is 142 g/mol. The minimum Gasteiger partial charge on any atom is -0.329 e. The van der Waals surface area contributed by atoms with Crippen LogP contribution in [-0.2, 0) is 4.79 Å². The monoisotopic (exact) mass is 159 g/mol. The molecule has 0 aliphatic heterocycles. The summed E-state index contributed by atoms with van der Waals surface area (Å²) in [7, 11) is 0. The fourth-order valence-corrected chi connectivity index (χ4v) is 0.873. The van der Waals surface area contributed by atoms with E-state index in [4.69, 9.17) is 11.5 Å². The van der Waals surface area contributed by atoms with Gasteiger partial charge in [-0.05, 0) is 6.92 Å². The SMILES string of the molecule is CC(=O)CC(CN)NCCN. The van der Waals surface area contributed by atoms with E-state index in [0.29, 0.717) is 19.5 Å². The second-order valence-corrected chi connectivity index (χ2v) is 2.58. The minimum atomic E-state index is 0.0936. The molecule has 0 fully saturated rings. The lowest BCUT2D eigenvalue weighted by atomic mass is 10.1. The number of hydrogen-bond donors (Lipinski definition) is 3. The molecule has 5 N–H and O–H groups in total. The molecule has 1 atom stereocenters. The van der Waals surface area contributed by atoms with E-state index in [1.54, 1.807) is 6.92 Å². The van der Waals surface area contributed by atoms with E-state index >= 15 is 0 Å². The fraction of sp³-hybridized carbons (Fsp3) is 0.857. The van der Waals surface area contributed by atoms with Crippen molar-refractivity contribution in [3.63, 3.8) is 0 Å². The summed E-state index contributed by atoms with van der Waals surface area (Å²) < 4.78 is 0. The number of carbonyl (C=O) groups excluding carboxylic acids is 1. The van der Waals surface area contributed by atoms with Crippen molar-refractivity contribution in [2.75, 3.05) is 19.6 Å². The van der Waals surface area contributed by atoms with Crippen molar-refractivity contribution in [2.24, 2.45) is 11.5 Å². The maximum absolute atomic E-state index is 10.6. The predicted octanol–water partition coefficient (Wildman–Crippen LogP) is -1.16. The predicted molar refractivity (Wildman–Crippen MR) is 45.2 cm³/mol. The Balaban J connectivity index is 3.49. The summed E-state index contributed by atoms with van der Waals surface area (Å²) >= 11 is 0. The Labute approximate surface area is 67.3 Å². The summed E-state index contributed by atoms with van der Waals surface area (Å²) in [5.41, 5.74) is 10.7. The minimum absolute atomic E-state index is 0.0936. The highest BCUT2D eigenvalue weighted by atomic mass is 16.1. The van der Waals surface area contributed by atoms with Gasteiger partial charge in [-0.15, -0.1) is 0 Å². The first-order valence-corrected chi connectivity index (χ1v) is 3.83. The molecule has 0 aliphatic rings. The molecule has 0 bridgehead atoms. The van der Waals surface area contributed by atoms with Crippen molar-refractivity contribution in [1.29, 1.82) is 0 Å². The van der Waals surface area contributed by atoms with Gasteiger partial charge in [0.1, 0.15) is 5.78 Å². The Morgan fingerprint density at radius 2 is 2.18 bits per heavy atom. The first kappa shape index (κ1) is 10.6. The maximum atomic E-state index is 10.6. The second-order valence-electron chi connectivity index (χ2n) is 2.58. The molecule has 0 aromatic carbocycles. The smallest absolute Gasteiger partial charge is 0.131 e. The summed E-state index contributed by atoms with van der Waals surface area (Å²) in [4.78, 5) is 10.6. The van der Waals surface area contributed by atoms with Gasteiger partial charge >= 0.3 is 0 Å². The Hall–Kier alpha value is -0.450. The van der Waals surface area contributed by atoms with Crippen LogP contribution in [0.1, 0.15) is 13.3 Å². The van der Waals surface area contributed by atoms with Crippen molar-refractivity contribution in [3.8, 4) is 0 Å². The van der Waals surface area contributed by atoms with Crippen LogP contribution in [0.4, 0.5) is 0 Å². The quantitative estimate of drug-likeness (QED) is 0.456. The van der Waals surface area contributed by atoms with Crippen LogP contribution in [0.25, 0.3) is 0 Å². The van der Waals surface area contributed by atoms with Crippen molar-refractivity contribution in [3.05, 3.63) is 0 Å². The molecule has 11 heavy (non-hydrogen) atoms. The Morgan fingerprint density at radius 3 is 2.55 bits per heavy atom. The largest absolute Gasteiger partial charge is 0.329 e. The molecule has 0 rings (SSSR count). The van der Waals surface area contributed by atoms with Crippen molar-refractivity contribution in [2.45, 2.75) is 19.4 Å². The number of rotatable bonds is 6. The molecule has 0 amide bonds. The van der Waals surface area contributed by atoms with Crippen LogP contribution < -0.4 is 16.8 Å². The normalized spacial score (nSPS) is 13.0. The lowest BCUT2D eigenvalue weighted by Crippen LogP contribution is -2.40. The Kier molecular flexibility index (Phi) is 6.02. The lowest BCUT2D eigenvalue weighted by molar-refractivity contribution is -0.117. The molecule has 4 nitrogen and oxygen atoms in total. The summed E-state index contributed by atoms with van der Waals surface area (Å²) in [5, 5.41) is 3.08. The summed E-state index contributed by atoms with van der Waals surface area (Å²) in [5.74, 6) is 0.157. The highest BCUT2D eigenvalue weighted by molar-refractivity contribution is 5.76. The summed E-state index contributed by atoms with van der Waals surface area (Å²) in [6.45, 7) is 3.34. The molecule has 0 saturated carbocycles. The number of nitrogens with two attached hydrogens (primary N) is 2. The van der Waals surface area contributed by atoms with E-state index in [1.807, 2.05) is 0 Å². The maximum Gasteiger partial charge on any atom is 0.131 e. The third-order valence-corrected chi connectivity index (χ3v) is 1.40. The van der Waals surface area contributed by atoms with Gasteiger partial charge in [-0.1, -0.05) is 0 Å². The van der Waals surface area contributed by atoms with Gasteiger partial charge in [-0.25, -0.2) is 0 Å². The average molecular weight is 159 g/mol. The van der Waals surface area contributed by atoms with Gasteiger partial charge in [-0.2, -0.15) is 0 Å². The Bertz CT molecular complexity index is 116. The van der Waals surface area contributed by atoms with Gasteiger partial charge in [-0.3, -0.25) is 4.79 Å². The first-order chi connectivity index (χ1) is 5.20. The van der Waals surface area contributed by atoms with Crippen LogP contribution in [0.5, 0.6) is 0 Å². The standard InChI is InChI=1S/C7H17N3O/c1-6(11)4-7(5-9)10-3-2-8/h7,10H,2-5,8-9H2,1H3. The molecule has 0 aromatic heterocycles. The van der Waals surface area contributed by atoms with Gasteiger partial charge in [0.05, 0.1) is 0 Å². The zero-order valence-corrected chi connectivity index (χ0v) is 6.97. The number of ketones is 1. The van der Waals surface area contributed by atoms with Crippen LogP contribution in [0.15, 0.2) is 0 Å². The molecule has 4 heteroatoms. The second kappa shape index (κ2) is 6.27. The van der Waals surface area contributed by atoms with Gasteiger partial charge in [0.15, 0.2) is 0 Å². The van der Waals surface area contributed by atoms with E-state index in [9.17, 15) is 4.79 Å². The third-order valence-electron chi connectivity index (χ3n) is 1.40. The van der Waals surface area contributed by atoms with Crippen LogP contribution in [0, 0.1) is 0 Å². The number of carbonyl (C=O) groups is 1. The Morgan fingerprint density at radius 1 is 1.55 bits per heavy atom. The zero-order valence-electron chi connectivity index (χ0n) is 6.97. The van der Waals surface area contributed by atoms with Crippen LogP contribution in [0.2, 0.25) is 0 Å². The van der Waals surface area contributed by atoms with Crippen molar-refractivity contribution in [1.82, 2.24) is 5.32 Å². The van der Waals surface area contributed by atoms with Crippen LogP contribution in [0.3, 0.4) is 0 Å². The molecule has 0 spiro atoms. The van der Waals surface area contributed by atoms with Crippen LogP contribution >= 0.6 is 0 Å². The lowest BCUT2D eigenvalue weighted by Gasteiger charge is -2.13. The van der Waals surface area contributed by atoms with Crippen molar-refractivity contribution < 1.29 is 4.79 Å². The van der Waals surface area contributed by atoms with E-state index in [0.717, 1.165) is 6.54 Å². The molecule has 0 radical (unpaired) electrons. The number of Topliss-reactive ketones (excluding diaryl/α,β-unsaturated/α-hetero) is 1. The highest BCUT2D eigenvalue weighted by Gasteiger charge is 2.06. The van der Waals surface area contributed by atoms with Gasteiger partial charge in [0.25, 0.3) is 0 Å². The van der Waals surface area contributed by atoms with Gasteiger partial charge in [0.2, 0.25) is 0 Å². The summed E-state index contributed by atoms with van der Waals surface area (Å²) in [6.07, 6.45) is 0.497. The van der Waals surface area contributed by atoms with E-state index < -0.39 is 0 Å². The average Bonchev–Trinajstić information content (AvgIpc) is 1.97. The fourth-order valence-electron chi connectivity index (χ4n) is 0.873. The first-order valence-electron chi connectivity index (χ1n) is 3.83. The van der Waals surface area contributed by atoms with E-state index in [2.05, 4.69) is 5.32 Å². The highest BCUT2D eigenvalue weighted by Crippen LogP contribution is 1.89. The van der Waals surface area contributed by atoms with E-state index in [1.165, 1.54) is 0 Å². The van der Waals surface area contributed by atoms with Crippen LogP contribution in [-0.4, -0.2) is 31.5 Å². The van der Waals surface area contributed by atoms with Gasteiger partial charge < -0.3 is 16.8 Å². The molecule has 0 heterocycles. The van der Waals surface area contributed by atoms with Crippen molar-refractivity contribution >= 4 is 5.78 Å². The number of nitrogens with one attached hydrogen (secondary N) is 1. The summed E-state index contributed by atoms with van der Waals surface area (Å²) in [6, 6.07) is 0.0936. The van der Waals surface area contributed by atoms with Gasteiger partial charge in [0, 0.05) is 32.1 Å². The molecule has 0 aliphatic carbocycles. The molecule has 0 saturated heterocycles. The van der Waals surface area contributed by atoms with E-state index in [-0.39, 0.29) is 11.8 Å². The topological polar surface area (TPSA) is 81.1 Å². The zero-order chi connectivity index (χ0) is 8.69. The molecule has 66 valence electrons. The molecule has 0 aromatic rings.